The maximum atomic E-state index is 13.2. The lowest BCUT2D eigenvalue weighted by Gasteiger charge is -2.34. The third-order valence-electron chi connectivity index (χ3n) is 6.20. The minimum absolute atomic E-state index is 0.151. The Morgan fingerprint density at radius 2 is 1.91 bits per heavy atom. The molecule has 2 N–H and O–H groups in total. The SMILES string of the molecule is CCCc1ccc(-c2cnc(N)c(C(=O)Cc3cnccc3N3CCC(OC)CC3)n2)cc1. The summed E-state index contributed by atoms with van der Waals surface area (Å²) in [6.45, 7) is 3.93. The maximum absolute atomic E-state index is 13.2. The van der Waals surface area contributed by atoms with Gasteiger partial charge in [-0.1, -0.05) is 37.6 Å². The van der Waals surface area contributed by atoms with Gasteiger partial charge in [0.1, 0.15) is 5.69 Å². The number of rotatable bonds is 8. The van der Waals surface area contributed by atoms with E-state index in [4.69, 9.17) is 10.5 Å². The Balaban J connectivity index is 1.54. The van der Waals surface area contributed by atoms with Gasteiger partial charge >= 0.3 is 0 Å². The minimum atomic E-state index is -0.162. The van der Waals surface area contributed by atoms with Crippen LogP contribution in [0.4, 0.5) is 11.5 Å². The van der Waals surface area contributed by atoms with Crippen LogP contribution in [0.1, 0.15) is 47.8 Å². The molecule has 0 saturated carbocycles. The first-order valence-corrected chi connectivity index (χ1v) is 11.5. The van der Waals surface area contributed by atoms with Crippen molar-refractivity contribution in [1.82, 2.24) is 15.0 Å². The third-order valence-corrected chi connectivity index (χ3v) is 6.20. The number of anilines is 2. The van der Waals surface area contributed by atoms with Crippen molar-refractivity contribution in [2.45, 2.75) is 45.1 Å². The number of nitrogens with two attached hydrogens (primary N) is 1. The second kappa shape index (κ2) is 10.5. The summed E-state index contributed by atoms with van der Waals surface area (Å²) in [6, 6.07) is 10.2. The monoisotopic (exact) mass is 445 g/mol. The van der Waals surface area contributed by atoms with Crippen molar-refractivity contribution in [3.05, 3.63) is 65.7 Å². The number of carbonyl (C=O) groups excluding carboxylic acids is 1. The Hall–Kier alpha value is -3.32. The molecular formula is C26H31N5O2. The average Bonchev–Trinajstić information content (AvgIpc) is 2.85. The number of aryl methyl sites for hydroxylation is 1. The van der Waals surface area contributed by atoms with E-state index in [2.05, 4.69) is 38.9 Å². The first kappa shape index (κ1) is 22.9. The van der Waals surface area contributed by atoms with Crippen molar-refractivity contribution < 1.29 is 9.53 Å². The standard InChI is InChI=1S/C26H31N5O2/c1-3-4-18-5-7-19(8-6-18)22-17-29-26(27)25(30-22)24(32)15-20-16-28-12-9-23(20)31-13-10-21(33-2)11-14-31/h5-9,12,16-17,21H,3-4,10-11,13-15H2,1-2H3,(H2,27,29). The highest BCUT2D eigenvalue weighted by atomic mass is 16.5. The average molecular weight is 446 g/mol. The highest BCUT2D eigenvalue weighted by molar-refractivity contribution is 6.00. The van der Waals surface area contributed by atoms with Gasteiger partial charge in [0.05, 0.1) is 18.0 Å². The lowest BCUT2D eigenvalue weighted by molar-refractivity contribution is 0.0818. The molecular weight excluding hydrogens is 414 g/mol. The zero-order valence-electron chi connectivity index (χ0n) is 19.3. The molecule has 1 aliphatic heterocycles. The molecule has 0 spiro atoms. The molecule has 33 heavy (non-hydrogen) atoms. The van der Waals surface area contributed by atoms with Crippen molar-refractivity contribution in [3.8, 4) is 11.3 Å². The van der Waals surface area contributed by atoms with Crippen LogP contribution in [0.25, 0.3) is 11.3 Å². The molecule has 0 amide bonds. The number of aromatic nitrogens is 3. The van der Waals surface area contributed by atoms with Gasteiger partial charge in [-0.3, -0.25) is 9.78 Å². The van der Waals surface area contributed by atoms with Crippen LogP contribution in [-0.4, -0.2) is 47.0 Å². The predicted molar refractivity (Wildman–Crippen MR) is 130 cm³/mol. The Bertz CT molecular complexity index is 1090. The number of ketones is 1. The van der Waals surface area contributed by atoms with E-state index in [1.54, 1.807) is 25.7 Å². The fourth-order valence-electron chi connectivity index (χ4n) is 4.33. The smallest absolute Gasteiger partial charge is 0.189 e. The number of Topliss-reactive ketones (excluding diaryl/α,β-unsaturated/α-hetero) is 1. The molecule has 0 unspecified atom stereocenters. The zero-order chi connectivity index (χ0) is 23.2. The van der Waals surface area contributed by atoms with Gasteiger partial charge in [0.2, 0.25) is 0 Å². The summed E-state index contributed by atoms with van der Waals surface area (Å²) in [6.07, 6.45) is 9.67. The summed E-state index contributed by atoms with van der Waals surface area (Å²) in [7, 11) is 1.76. The van der Waals surface area contributed by atoms with E-state index in [-0.39, 0.29) is 23.7 Å². The highest BCUT2D eigenvalue weighted by Crippen LogP contribution is 2.26. The van der Waals surface area contributed by atoms with E-state index in [1.165, 1.54) is 5.56 Å². The number of piperidine rings is 1. The molecule has 4 rings (SSSR count). The molecule has 2 aromatic heterocycles. The van der Waals surface area contributed by atoms with Crippen LogP contribution in [-0.2, 0) is 17.6 Å². The minimum Gasteiger partial charge on any atom is -0.382 e. The number of hydrogen-bond donors (Lipinski definition) is 1. The fraction of sp³-hybridized carbons (Fsp3) is 0.385. The van der Waals surface area contributed by atoms with E-state index < -0.39 is 0 Å². The van der Waals surface area contributed by atoms with Crippen LogP contribution in [0.15, 0.2) is 48.9 Å². The van der Waals surface area contributed by atoms with Gasteiger partial charge in [0.25, 0.3) is 0 Å². The second-order valence-corrected chi connectivity index (χ2v) is 8.46. The van der Waals surface area contributed by atoms with Gasteiger partial charge in [-0.15, -0.1) is 0 Å². The van der Waals surface area contributed by atoms with Gasteiger partial charge in [0.15, 0.2) is 11.6 Å². The summed E-state index contributed by atoms with van der Waals surface area (Å²) in [5.41, 5.74) is 11.0. The van der Waals surface area contributed by atoms with Gasteiger partial charge < -0.3 is 15.4 Å². The Morgan fingerprint density at radius 1 is 1.15 bits per heavy atom. The topological polar surface area (TPSA) is 94.2 Å². The Morgan fingerprint density at radius 3 is 2.61 bits per heavy atom. The van der Waals surface area contributed by atoms with Crippen LogP contribution in [0, 0.1) is 0 Å². The van der Waals surface area contributed by atoms with Crippen molar-refractivity contribution in [2.24, 2.45) is 0 Å². The summed E-state index contributed by atoms with van der Waals surface area (Å²) >= 11 is 0. The molecule has 0 aliphatic carbocycles. The molecule has 1 aliphatic rings. The van der Waals surface area contributed by atoms with Gasteiger partial charge in [-0.2, -0.15) is 0 Å². The summed E-state index contributed by atoms with van der Waals surface area (Å²) < 4.78 is 5.49. The van der Waals surface area contributed by atoms with E-state index >= 15 is 0 Å². The molecule has 172 valence electrons. The largest absolute Gasteiger partial charge is 0.382 e. The summed E-state index contributed by atoms with van der Waals surface area (Å²) in [5, 5.41) is 0. The zero-order valence-corrected chi connectivity index (χ0v) is 19.3. The molecule has 7 nitrogen and oxygen atoms in total. The Kier molecular flexibility index (Phi) is 7.29. The van der Waals surface area contributed by atoms with Gasteiger partial charge in [-0.05, 0) is 30.9 Å². The lowest BCUT2D eigenvalue weighted by Crippen LogP contribution is -2.37. The van der Waals surface area contributed by atoms with E-state index in [0.717, 1.165) is 55.6 Å². The second-order valence-electron chi connectivity index (χ2n) is 8.46. The maximum Gasteiger partial charge on any atom is 0.189 e. The number of hydrogen-bond acceptors (Lipinski definition) is 7. The number of nitrogen functional groups attached to an aromatic ring is 1. The first-order chi connectivity index (χ1) is 16.1. The third kappa shape index (κ3) is 5.37. The van der Waals surface area contributed by atoms with Gasteiger partial charge in [0, 0.05) is 55.8 Å². The molecule has 3 heterocycles. The van der Waals surface area contributed by atoms with E-state index in [9.17, 15) is 4.79 Å². The molecule has 1 fully saturated rings. The Labute approximate surface area is 195 Å². The molecule has 0 atom stereocenters. The lowest BCUT2D eigenvalue weighted by atomic mass is 10.0. The predicted octanol–water partition coefficient (Wildman–Crippen LogP) is 4.11. The molecule has 0 bridgehead atoms. The van der Waals surface area contributed by atoms with Crippen molar-refractivity contribution in [3.63, 3.8) is 0 Å². The normalized spacial score (nSPS) is 14.4. The number of ether oxygens (including phenoxy) is 1. The van der Waals surface area contributed by atoms with E-state index in [0.29, 0.717) is 11.8 Å². The fourth-order valence-corrected chi connectivity index (χ4v) is 4.33. The quantitative estimate of drug-likeness (QED) is 0.521. The number of nitrogens with zero attached hydrogens (tertiary/aromatic N) is 4. The first-order valence-electron chi connectivity index (χ1n) is 11.5. The van der Waals surface area contributed by atoms with Gasteiger partial charge in [-0.25, -0.2) is 9.97 Å². The number of benzene rings is 1. The van der Waals surface area contributed by atoms with Crippen LogP contribution >= 0.6 is 0 Å². The molecule has 3 aromatic rings. The summed E-state index contributed by atoms with van der Waals surface area (Å²) in [5.74, 6) is -0.0109. The molecule has 1 saturated heterocycles. The molecule has 0 radical (unpaired) electrons. The van der Waals surface area contributed by atoms with Crippen LogP contribution in [0.5, 0.6) is 0 Å². The van der Waals surface area contributed by atoms with E-state index in [1.807, 2.05) is 18.2 Å². The number of carbonyl (C=O) groups is 1. The van der Waals surface area contributed by atoms with Crippen molar-refractivity contribution in [2.75, 3.05) is 30.8 Å². The highest BCUT2D eigenvalue weighted by Gasteiger charge is 2.23. The van der Waals surface area contributed by atoms with Crippen molar-refractivity contribution in [1.29, 1.82) is 0 Å². The van der Waals surface area contributed by atoms with Crippen LogP contribution in [0.2, 0.25) is 0 Å². The summed E-state index contributed by atoms with van der Waals surface area (Å²) in [4.78, 5) is 28.6. The molecule has 7 heteroatoms. The number of pyridine rings is 1. The van der Waals surface area contributed by atoms with Crippen LogP contribution in [0.3, 0.4) is 0 Å². The van der Waals surface area contributed by atoms with Crippen molar-refractivity contribution >= 4 is 17.3 Å². The van der Waals surface area contributed by atoms with Crippen LogP contribution < -0.4 is 10.6 Å². The molecule has 1 aromatic carbocycles. The number of methoxy groups -OCH3 is 1.